The quantitative estimate of drug-likeness (QED) is 0.519. The van der Waals surface area contributed by atoms with E-state index in [2.05, 4.69) is 35.6 Å². The number of hydrogen-bond donors (Lipinski definition) is 0. The van der Waals surface area contributed by atoms with E-state index in [4.69, 9.17) is 0 Å². The first kappa shape index (κ1) is 6.79. The summed E-state index contributed by atoms with van der Waals surface area (Å²) in [6.07, 6.45) is 0. The zero-order chi connectivity index (χ0) is 7.84. The van der Waals surface area contributed by atoms with Crippen LogP contribution < -0.4 is 5.46 Å². The molecule has 0 bridgehead atoms. The Labute approximate surface area is 70.0 Å². The predicted octanol–water partition coefficient (Wildman–Crippen LogP) is 0.258. The van der Waals surface area contributed by atoms with E-state index in [1.165, 1.54) is 22.8 Å². The monoisotopic (exact) mass is 162 g/mol. The van der Waals surface area contributed by atoms with Crippen molar-refractivity contribution in [3.63, 3.8) is 0 Å². The van der Waals surface area contributed by atoms with Crippen LogP contribution in [0.1, 0.15) is 5.56 Å². The molecule has 54 valence electrons. The van der Waals surface area contributed by atoms with Crippen LogP contribution in [-0.2, 0) is 0 Å². The highest BCUT2D eigenvalue weighted by Gasteiger charge is 2.02. The van der Waals surface area contributed by atoms with Crippen LogP contribution in [0.15, 0.2) is 12.1 Å². The molecular formula is C7H7BN2S. The number of aryl methyl sites for hydroxylation is 1. The maximum atomic E-state index is 4.21. The molecule has 1 aromatic carbocycles. The van der Waals surface area contributed by atoms with E-state index < -0.39 is 0 Å². The van der Waals surface area contributed by atoms with Crippen LogP contribution in [0.25, 0.3) is 11.0 Å². The van der Waals surface area contributed by atoms with Crippen molar-refractivity contribution in [3.05, 3.63) is 17.7 Å². The van der Waals surface area contributed by atoms with Gasteiger partial charge in [0.05, 0.1) is 17.2 Å². The topological polar surface area (TPSA) is 25.8 Å². The van der Waals surface area contributed by atoms with Gasteiger partial charge in [-0.05, 0) is 12.5 Å². The second-order valence-electron chi connectivity index (χ2n) is 2.66. The minimum absolute atomic E-state index is 1.05. The Balaban J connectivity index is 2.96. The summed E-state index contributed by atoms with van der Waals surface area (Å²) in [7, 11) is 2.06. The molecule has 0 N–H and O–H groups in total. The van der Waals surface area contributed by atoms with E-state index >= 15 is 0 Å². The highest BCUT2D eigenvalue weighted by atomic mass is 32.1. The molecule has 0 atom stereocenters. The molecule has 0 unspecified atom stereocenters. The van der Waals surface area contributed by atoms with Gasteiger partial charge in [-0.25, -0.2) is 0 Å². The van der Waals surface area contributed by atoms with E-state index in [9.17, 15) is 0 Å². The van der Waals surface area contributed by atoms with Crippen LogP contribution in [0.3, 0.4) is 0 Å². The molecule has 2 nitrogen and oxygen atoms in total. The average Bonchev–Trinajstić information content (AvgIpc) is 2.45. The molecule has 0 fully saturated rings. The van der Waals surface area contributed by atoms with Gasteiger partial charge in [0.15, 0.2) is 0 Å². The fourth-order valence-electron chi connectivity index (χ4n) is 1.11. The zero-order valence-electron chi connectivity index (χ0n) is 6.46. The summed E-state index contributed by atoms with van der Waals surface area (Å²) in [6.45, 7) is 2.06. The summed E-state index contributed by atoms with van der Waals surface area (Å²) in [4.78, 5) is 0. The second-order valence-corrected chi connectivity index (χ2v) is 3.19. The van der Waals surface area contributed by atoms with Gasteiger partial charge in [-0.3, -0.25) is 0 Å². The first-order valence-corrected chi connectivity index (χ1v) is 4.20. The summed E-state index contributed by atoms with van der Waals surface area (Å²) in [5.74, 6) is 0. The van der Waals surface area contributed by atoms with E-state index in [0.29, 0.717) is 0 Å². The van der Waals surface area contributed by atoms with Gasteiger partial charge in [-0.15, -0.1) is 0 Å². The Bertz CT molecular complexity index is 360. The zero-order valence-corrected chi connectivity index (χ0v) is 7.27. The first-order valence-electron chi connectivity index (χ1n) is 3.47. The van der Waals surface area contributed by atoms with Crippen molar-refractivity contribution in [2.75, 3.05) is 0 Å². The highest BCUT2D eigenvalue weighted by Crippen LogP contribution is 2.12. The van der Waals surface area contributed by atoms with Crippen LogP contribution in [0.2, 0.25) is 0 Å². The third-order valence-corrected chi connectivity index (χ3v) is 2.35. The van der Waals surface area contributed by atoms with E-state index in [1.54, 1.807) is 0 Å². The summed E-state index contributed by atoms with van der Waals surface area (Å²) in [5.41, 5.74) is 4.52. The number of nitrogens with zero attached hydrogens (tertiary/aromatic N) is 2. The van der Waals surface area contributed by atoms with E-state index in [0.717, 1.165) is 11.0 Å². The second kappa shape index (κ2) is 2.31. The van der Waals surface area contributed by atoms with E-state index in [-0.39, 0.29) is 0 Å². The molecule has 0 saturated carbocycles. The lowest BCUT2D eigenvalue weighted by atomic mass is 9.93. The van der Waals surface area contributed by atoms with Crippen LogP contribution in [0.5, 0.6) is 0 Å². The fraction of sp³-hybridized carbons (Fsp3) is 0.143. The molecule has 2 aromatic rings. The van der Waals surface area contributed by atoms with Crippen molar-refractivity contribution in [1.82, 2.24) is 8.75 Å². The van der Waals surface area contributed by atoms with Gasteiger partial charge >= 0.3 is 0 Å². The largest absolute Gasteiger partial charge is 0.174 e. The lowest BCUT2D eigenvalue weighted by molar-refractivity contribution is 1.49. The van der Waals surface area contributed by atoms with Gasteiger partial charge in [0.25, 0.3) is 0 Å². The number of hydrogen-bond acceptors (Lipinski definition) is 3. The number of fused-ring (bicyclic) bond motifs is 1. The standard InChI is InChI=1S/C7H7BN2S/c1-4-2-3-5(8)7-6(4)9-11-10-7/h2-3H,8H2,1H3. The molecule has 1 aromatic heterocycles. The smallest absolute Gasteiger partial charge is 0.142 e. The maximum absolute atomic E-state index is 4.21. The molecular weight excluding hydrogens is 155 g/mol. The molecule has 0 amide bonds. The summed E-state index contributed by atoms with van der Waals surface area (Å²) in [5, 5.41) is 0. The maximum Gasteiger partial charge on any atom is 0.142 e. The van der Waals surface area contributed by atoms with Crippen molar-refractivity contribution in [2.45, 2.75) is 6.92 Å². The van der Waals surface area contributed by atoms with Gasteiger partial charge < -0.3 is 0 Å². The Morgan fingerprint density at radius 2 is 2.00 bits per heavy atom. The molecule has 0 aliphatic heterocycles. The SMILES string of the molecule is Bc1ccc(C)c2nsnc12. The molecule has 0 aliphatic carbocycles. The Morgan fingerprint density at radius 3 is 2.73 bits per heavy atom. The lowest BCUT2D eigenvalue weighted by Gasteiger charge is -1.94. The highest BCUT2D eigenvalue weighted by molar-refractivity contribution is 7.00. The van der Waals surface area contributed by atoms with Gasteiger partial charge in [-0.1, -0.05) is 17.6 Å². The Kier molecular flexibility index (Phi) is 1.42. The van der Waals surface area contributed by atoms with Gasteiger partial charge in [-0.2, -0.15) is 8.75 Å². The fourth-order valence-corrected chi connectivity index (χ4v) is 1.78. The van der Waals surface area contributed by atoms with Crippen molar-refractivity contribution < 1.29 is 0 Å². The number of aromatic nitrogens is 2. The third-order valence-electron chi connectivity index (χ3n) is 1.82. The molecule has 0 radical (unpaired) electrons. The molecule has 0 spiro atoms. The normalized spacial score (nSPS) is 10.6. The minimum atomic E-state index is 1.05. The molecule has 11 heavy (non-hydrogen) atoms. The summed E-state index contributed by atoms with van der Waals surface area (Å²) < 4.78 is 8.42. The first-order chi connectivity index (χ1) is 5.29. The molecule has 4 heteroatoms. The van der Waals surface area contributed by atoms with Crippen LogP contribution in [-0.4, -0.2) is 16.6 Å². The molecule has 0 aliphatic rings. The number of rotatable bonds is 0. The predicted molar refractivity (Wildman–Crippen MR) is 50.3 cm³/mol. The third kappa shape index (κ3) is 0.941. The van der Waals surface area contributed by atoms with Crippen LogP contribution in [0.4, 0.5) is 0 Å². The molecule has 2 rings (SSSR count). The lowest BCUT2D eigenvalue weighted by Crippen LogP contribution is -2.03. The van der Waals surface area contributed by atoms with E-state index in [1.807, 2.05) is 0 Å². The molecule has 1 heterocycles. The Hall–Kier alpha value is -0.895. The van der Waals surface area contributed by atoms with Crippen molar-refractivity contribution in [1.29, 1.82) is 0 Å². The molecule has 0 saturated heterocycles. The summed E-state index contributed by atoms with van der Waals surface area (Å²) >= 11 is 1.28. The van der Waals surface area contributed by atoms with Crippen molar-refractivity contribution >= 4 is 36.1 Å². The Morgan fingerprint density at radius 1 is 1.27 bits per heavy atom. The van der Waals surface area contributed by atoms with Crippen molar-refractivity contribution in [3.8, 4) is 0 Å². The van der Waals surface area contributed by atoms with Crippen LogP contribution in [0, 0.1) is 6.92 Å². The number of benzene rings is 1. The minimum Gasteiger partial charge on any atom is -0.174 e. The average molecular weight is 162 g/mol. The van der Waals surface area contributed by atoms with Gasteiger partial charge in [0.1, 0.15) is 13.4 Å². The summed E-state index contributed by atoms with van der Waals surface area (Å²) in [6, 6.07) is 4.16. The van der Waals surface area contributed by atoms with Gasteiger partial charge in [0, 0.05) is 0 Å². The van der Waals surface area contributed by atoms with Crippen molar-refractivity contribution in [2.24, 2.45) is 0 Å². The van der Waals surface area contributed by atoms with Crippen LogP contribution >= 0.6 is 11.7 Å². The van der Waals surface area contributed by atoms with Gasteiger partial charge in [0.2, 0.25) is 0 Å².